The zero-order valence-electron chi connectivity index (χ0n) is 8.84. The number of pyridine rings is 1. The first kappa shape index (κ1) is 12.4. The summed E-state index contributed by atoms with van der Waals surface area (Å²) in [5, 5.41) is 7.10. The highest BCUT2D eigenvalue weighted by Gasteiger charge is 2.27. The lowest BCUT2D eigenvalue weighted by Gasteiger charge is -2.10. The second-order valence-electron chi connectivity index (χ2n) is 3.32. The Balaban J connectivity index is 2.89. The van der Waals surface area contributed by atoms with Gasteiger partial charge in [0.05, 0.1) is 11.9 Å². The molecule has 16 heavy (non-hydrogen) atoms. The van der Waals surface area contributed by atoms with E-state index < -0.39 is 21.2 Å². The van der Waals surface area contributed by atoms with Crippen LogP contribution in [0.3, 0.4) is 0 Å². The van der Waals surface area contributed by atoms with E-state index in [0.29, 0.717) is 0 Å². The van der Waals surface area contributed by atoms with Crippen LogP contribution in [0.2, 0.25) is 0 Å². The van der Waals surface area contributed by atoms with Crippen LogP contribution in [0.4, 0.5) is 5.69 Å². The van der Waals surface area contributed by atoms with Crippen molar-refractivity contribution in [3.05, 3.63) is 24.0 Å². The van der Waals surface area contributed by atoms with Crippen molar-refractivity contribution in [3.8, 4) is 0 Å². The standard InChI is InChI=1S/C9H12N2O4S/c1-6-3-4-8(5-10-6)11-16(14,15)7(2)9(12)13/h3-5,7,11H,1-2H3,(H,12,13). The van der Waals surface area contributed by atoms with Gasteiger partial charge in [-0.05, 0) is 26.0 Å². The maximum absolute atomic E-state index is 11.5. The van der Waals surface area contributed by atoms with Gasteiger partial charge in [0.15, 0.2) is 5.25 Å². The van der Waals surface area contributed by atoms with Crippen molar-refractivity contribution in [2.24, 2.45) is 0 Å². The van der Waals surface area contributed by atoms with E-state index in [9.17, 15) is 13.2 Å². The molecule has 1 atom stereocenters. The summed E-state index contributed by atoms with van der Waals surface area (Å²) in [4.78, 5) is 14.4. The number of hydrogen-bond donors (Lipinski definition) is 2. The van der Waals surface area contributed by atoms with Gasteiger partial charge in [-0.2, -0.15) is 0 Å². The molecule has 1 rings (SSSR count). The summed E-state index contributed by atoms with van der Waals surface area (Å²) in [5.41, 5.74) is 0.993. The van der Waals surface area contributed by atoms with Gasteiger partial charge in [0, 0.05) is 5.69 Å². The third-order valence-electron chi connectivity index (χ3n) is 1.98. The van der Waals surface area contributed by atoms with E-state index in [1.165, 1.54) is 12.3 Å². The fourth-order valence-electron chi connectivity index (χ4n) is 0.914. The number of nitrogens with zero attached hydrogens (tertiary/aromatic N) is 1. The van der Waals surface area contributed by atoms with E-state index in [1.807, 2.05) is 0 Å². The smallest absolute Gasteiger partial charge is 0.323 e. The Morgan fingerprint density at radius 3 is 2.56 bits per heavy atom. The van der Waals surface area contributed by atoms with Gasteiger partial charge in [0.1, 0.15) is 0 Å². The minimum atomic E-state index is -3.91. The molecule has 0 aliphatic carbocycles. The predicted molar refractivity (Wildman–Crippen MR) is 58.6 cm³/mol. The van der Waals surface area contributed by atoms with Crippen LogP contribution >= 0.6 is 0 Å². The van der Waals surface area contributed by atoms with Crippen molar-refractivity contribution in [3.63, 3.8) is 0 Å². The zero-order chi connectivity index (χ0) is 12.3. The molecular weight excluding hydrogens is 232 g/mol. The molecule has 1 aromatic heterocycles. The number of carbonyl (C=O) groups is 1. The average molecular weight is 244 g/mol. The molecule has 0 amide bonds. The number of carboxylic acids is 1. The number of aromatic nitrogens is 1. The van der Waals surface area contributed by atoms with Crippen LogP contribution in [0, 0.1) is 6.92 Å². The Kier molecular flexibility index (Phi) is 3.48. The van der Waals surface area contributed by atoms with E-state index in [1.54, 1.807) is 13.0 Å². The SMILES string of the molecule is Cc1ccc(NS(=O)(=O)C(C)C(=O)O)cn1. The summed E-state index contributed by atoms with van der Waals surface area (Å²) in [6, 6.07) is 3.15. The van der Waals surface area contributed by atoms with Crippen LogP contribution in [0.25, 0.3) is 0 Å². The molecule has 0 fully saturated rings. The quantitative estimate of drug-likeness (QED) is 0.808. The van der Waals surface area contributed by atoms with Crippen LogP contribution in [-0.4, -0.2) is 29.7 Å². The van der Waals surface area contributed by atoms with Crippen molar-refractivity contribution in [2.45, 2.75) is 19.1 Å². The topological polar surface area (TPSA) is 96.4 Å². The molecule has 0 aromatic carbocycles. The van der Waals surface area contributed by atoms with Crippen LogP contribution in [0.5, 0.6) is 0 Å². The van der Waals surface area contributed by atoms with Crippen molar-refractivity contribution in [1.29, 1.82) is 0 Å². The molecule has 0 bridgehead atoms. The summed E-state index contributed by atoms with van der Waals surface area (Å²) in [5.74, 6) is -1.40. The lowest BCUT2D eigenvalue weighted by atomic mass is 10.4. The van der Waals surface area contributed by atoms with E-state index in [0.717, 1.165) is 12.6 Å². The van der Waals surface area contributed by atoms with Crippen LogP contribution in [-0.2, 0) is 14.8 Å². The number of aryl methyl sites for hydroxylation is 1. The van der Waals surface area contributed by atoms with Crippen molar-refractivity contribution < 1.29 is 18.3 Å². The fraction of sp³-hybridized carbons (Fsp3) is 0.333. The van der Waals surface area contributed by atoms with E-state index in [4.69, 9.17) is 5.11 Å². The van der Waals surface area contributed by atoms with Crippen LogP contribution < -0.4 is 4.72 Å². The Morgan fingerprint density at radius 1 is 1.50 bits per heavy atom. The summed E-state index contributed by atoms with van der Waals surface area (Å²) in [6.45, 7) is 2.87. The van der Waals surface area contributed by atoms with Gasteiger partial charge in [-0.1, -0.05) is 0 Å². The third-order valence-corrected chi connectivity index (χ3v) is 3.64. The number of anilines is 1. The fourth-order valence-corrected chi connectivity index (χ4v) is 1.81. The lowest BCUT2D eigenvalue weighted by Crippen LogP contribution is -2.32. The van der Waals surface area contributed by atoms with Crippen molar-refractivity contribution >= 4 is 21.7 Å². The van der Waals surface area contributed by atoms with Crippen LogP contribution in [0.15, 0.2) is 18.3 Å². The van der Waals surface area contributed by atoms with Gasteiger partial charge in [-0.25, -0.2) is 8.42 Å². The maximum atomic E-state index is 11.5. The molecule has 0 aliphatic rings. The minimum absolute atomic E-state index is 0.249. The molecule has 0 saturated heterocycles. The van der Waals surface area contributed by atoms with Gasteiger partial charge in [-0.15, -0.1) is 0 Å². The van der Waals surface area contributed by atoms with E-state index >= 15 is 0 Å². The zero-order valence-corrected chi connectivity index (χ0v) is 9.65. The Morgan fingerprint density at radius 2 is 2.12 bits per heavy atom. The molecule has 0 saturated carbocycles. The molecule has 6 nitrogen and oxygen atoms in total. The normalized spacial score (nSPS) is 13.1. The van der Waals surface area contributed by atoms with Gasteiger partial charge >= 0.3 is 5.97 Å². The first-order chi connectivity index (χ1) is 7.33. The van der Waals surface area contributed by atoms with Crippen molar-refractivity contribution in [1.82, 2.24) is 4.98 Å². The number of nitrogens with one attached hydrogen (secondary N) is 1. The lowest BCUT2D eigenvalue weighted by molar-refractivity contribution is -0.136. The average Bonchev–Trinajstić information content (AvgIpc) is 2.20. The molecule has 2 N–H and O–H groups in total. The third kappa shape index (κ3) is 2.93. The number of rotatable bonds is 4. The highest BCUT2D eigenvalue weighted by atomic mass is 32.2. The van der Waals surface area contributed by atoms with E-state index in [-0.39, 0.29) is 5.69 Å². The van der Waals surface area contributed by atoms with Crippen molar-refractivity contribution in [2.75, 3.05) is 4.72 Å². The number of aliphatic carboxylic acids is 1. The summed E-state index contributed by atoms with van der Waals surface area (Å²) in [6.07, 6.45) is 1.33. The number of hydrogen-bond acceptors (Lipinski definition) is 4. The van der Waals surface area contributed by atoms with Gasteiger partial charge in [-0.3, -0.25) is 14.5 Å². The Labute approximate surface area is 93.4 Å². The molecule has 1 aromatic rings. The number of sulfonamides is 1. The molecule has 1 heterocycles. The monoisotopic (exact) mass is 244 g/mol. The highest BCUT2D eigenvalue weighted by Crippen LogP contribution is 2.11. The molecule has 88 valence electrons. The maximum Gasteiger partial charge on any atom is 0.323 e. The molecule has 0 aliphatic heterocycles. The molecule has 0 spiro atoms. The van der Waals surface area contributed by atoms with Gasteiger partial charge < -0.3 is 5.11 Å². The largest absolute Gasteiger partial charge is 0.480 e. The summed E-state index contributed by atoms with van der Waals surface area (Å²) < 4.78 is 25.2. The first-order valence-corrected chi connectivity index (χ1v) is 6.04. The minimum Gasteiger partial charge on any atom is -0.480 e. The second-order valence-corrected chi connectivity index (χ2v) is 5.32. The number of carboxylic acid groups (broad SMARTS) is 1. The summed E-state index contributed by atoms with van der Waals surface area (Å²) >= 11 is 0. The van der Waals surface area contributed by atoms with E-state index in [2.05, 4.69) is 9.71 Å². The Hall–Kier alpha value is -1.63. The molecule has 7 heteroatoms. The molecular formula is C9H12N2O4S. The van der Waals surface area contributed by atoms with Gasteiger partial charge in [0.2, 0.25) is 10.0 Å². The first-order valence-electron chi connectivity index (χ1n) is 4.50. The van der Waals surface area contributed by atoms with Gasteiger partial charge in [0.25, 0.3) is 0 Å². The second kappa shape index (κ2) is 4.48. The molecule has 1 unspecified atom stereocenters. The van der Waals surface area contributed by atoms with Crippen LogP contribution in [0.1, 0.15) is 12.6 Å². The summed E-state index contributed by atoms with van der Waals surface area (Å²) in [7, 11) is -3.91. The molecule has 0 radical (unpaired) electrons. The highest BCUT2D eigenvalue weighted by molar-refractivity contribution is 7.94. The predicted octanol–water partition coefficient (Wildman–Crippen LogP) is 0.605. The Bertz CT molecular complexity index is 481.